The van der Waals surface area contributed by atoms with Gasteiger partial charge in [-0.1, -0.05) is 55.5 Å². The average molecular weight is 412 g/mol. The first-order valence-corrected chi connectivity index (χ1v) is 10.3. The van der Waals surface area contributed by atoms with Gasteiger partial charge in [0.25, 0.3) is 0 Å². The van der Waals surface area contributed by atoms with E-state index in [0.717, 1.165) is 22.3 Å². The van der Waals surface area contributed by atoms with Crippen molar-refractivity contribution < 1.29 is 20.0 Å². The van der Waals surface area contributed by atoms with Crippen molar-refractivity contribution >= 4 is 23.2 Å². The Balaban J connectivity index is 1.55. The molecule has 0 aromatic heterocycles. The molecule has 0 spiro atoms. The van der Waals surface area contributed by atoms with Crippen molar-refractivity contribution in [3.05, 3.63) is 100 Å². The third kappa shape index (κ3) is 2.16. The monoisotopic (exact) mass is 412 g/mol. The van der Waals surface area contributed by atoms with Crippen LogP contribution < -0.4 is 10.1 Å². The Labute approximate surface area is 178 Å². The lowest BCUT2D eigenvalue weighted by Gasteiger charge is -2.52. The Morgan fingerprint density at radius 2 is 1.42 bits per heavy atom. The summed E-state index contributed by atoms with van der Waals surface area (Å²) in [4.78, 5) is 28.8. The fourth-order valence-corrected chi connectivity index (χ4v) is 6.16. The van der Waals surface area contributed by atoms with E-state index < -0.39 is 22.5 Å². The first kappa shape index (κ1) is 18.4. The normalized spacial score (nSPS) is 28.9. The molecule has 1 aliphatic heterocycles. The molecule has 7 rings (SSSR count). The molecule has 1 fully saturated rings. The van der Waals surface area contributed by atoms with Gasteiger partial charge in [0.05, 0.1) is 17.5 Å². The number of hydrogen-bond acceptors (Lipinski definition) is 4. The minimum Gasteiger partial charge on any atom is -0.595 e. The minimum atomic E-state index is -1.05. The van der Waals surface area contributed by atoms with E-state index in [1.165, 1.54) is 17.0 Å². The average Bonchev–Trinajstić information content (AvgIpc) is 3.06. The summed E-state index contributed by atoms with van der Waals surface area (Å²) < 4.78 is 0. The number of rotatable bonds is 2. The maximum Gasteiger partial charge on any atom is 0.238 e. The summed E-state index contributed by atoms with van der Waals surface area (Å²) in [6.07, 6.45) is 0. The molecule has 0 radical (unpaired) electrons. The van der Waals surface area contributed by atoms with Crippen LogP contribution >= 0.6 is 0 Å². The lowest BCUT2D eigenvalue weighted by molar-refractivity contribution is -0.991. The van der Waals surface area contributed by atoms with Gasteiger partial charge in [-0.3, -0.25) is 9.59 Å². The second-order valence-electron chi connectivity index (χ2n) is 8.72. The summed E-state index contributed by atoms with van der Waals surface area (Å²) in [7, 11) is 0. The summed E-state index contributed by atoms with van der Waals surface area (Å²) >= 11 is 0. The van der Waals surface area contributed by atoms with Crippen molar-refractivity contribution in [1.29, 1.82) is 0 Å². The summed E-state index contributed by atoms with van der Waals surface area (Å²) in [6, 6.07) is 22.2. The van der Waals surface area contributed by atoms with Gasteiger partial charge in [-0.15, -0.1) is 0 Å². The van der Waals surface area contributed by atoms with E-state index in [4.69, 9.17) is 0 Å². The number of quaternary nitrogens is 1. The molecular weight excluding hydrogens is 392 g/mol. The van der Waals surface area contributed by atoms with Crippen LogP contribution in [0.5, 0.6) is 0 Å². The van der Waals surface area contributed by atoms with Gasteiger partial charge in [0.15, 0.2) is 5.69 Å². The van der Waals surface area contributed by atoms with Crippen molar-refractivity contribution in [2.24, 2.45) is 11.8 Å². The number of nitrogens with zero attached hydrogens (tertiary/aromatic N) is 1. The number of carbonyl (C=O) groups excluding carboxylic acids is 2. The molecule has 3 atom stereocenters. The number of benzene rings is 3. The molecule has 1 unspecified atom stereocenters. The molecule has 2 bridgehead atoms. The Morgan fingerprint density at radius 3 is 1.97 bits per heavy atom. The maximum absolute atomic E-state index is 13.8. The van der Waals surface area contributed by atoms with Crippen LogP contribution in [0.3, 0.4) is 0 Å². The van der Waals surface area contributed by atoms with Crippen LogP contribution in [0.25, 0.3) is 0 Å². The molecule has 6 heteroatoms. The lowest BCUT2D eigenvalue weighted by atomic mass is 9.48. The molecule has 6 nitrogen and oxygen atoms in total. The fraction of sp³-hybridized carbons (Fsp3) is 0.200. The molecule has 2 amide bonds. The highest BCUT2D eigenvalue weighted by molar-refractivity contribution is 6.23. The quantitative estimate of drug-likeness (QED) is 0.501. The van der Waals surface area contributed by atoms with Crippen molar-refractivity contribution in [2.45, 2.75) is 18.3 Å². The molecule has 3 aliphatic carbocycles. The number of amides is 2. The molecule has 3 aromatic rings. The van der Waals surface area contributed by atoms with Crippen molar-refractivity contribution in [3.8, 4) is 0 Å². The third-order valence-corrected chi connectivity index (χ3v) is 7.42. The molecule has 3 aromatic carbocycles. The third-order valence-electron chi connectivity index (χ3n) is 7.42. The van der Waals surface area contributed by atoms with Crippen LogP contribution in [0.1, 0.15) is 35.1 Å². The smallest absolute Gasteiger partial charge is 0.238 e. The molecule has 154 valence electrons. The van der Waals surface area contributed by atoms with Crippen molar-refractivity contribution in [2.75, 3.05) is 4.90 Å². The summed E-state index contributed by atoms with van der Waals surface area (Å²) in [5.41, 5.74) is 4.41. The Bertz CT molecular complexity index is 1200. The highest BCUT2D eigenvalue weighted by atomic mass is 16.8. The van der Waals surface area contributed by atoms with E-state index in [-0.39, 0.29) is 23.4 Å². The number of nitrogens with one attached hydrogen (secondary N) is 1. The summed E-state index contributed by atoms with van der Waals surface area (Å²) in [5, 5.41) is 19.3. The van der Waals surface area contributed by atoms with E-state index in [1.54, 1.807) is 12.1 Å². The predicted octanol–water partition coefficient (Wildman–Crippen LogP) is 2.66. The van der Waals surface area contributed by atoms with Crippen LogP contribution in [-0.2, 0) is 15.0 Å². The van der Waals surface area contributed by atoms with Crippen LogP contribution in [-0.4, -0.2) is 17.0 Å². The fourth-order valence-electron chi connectivity index (χ4n) is 6.16. The number of imide groups is 1. The second-order valence-corrected chi connectivity index (χ2v) is 8.72. The van der Waals surface area contributed by atoms with Gasteiger partial charge in [0.2, 0.25) is 11.8 Å². The van der Waals surface area contributed by atoms with E-state index >= 15 is 0 Å². The van der Waals surface area contributed by atoms with Crippen LogP contribution in [0.4, 0.5) is 11.4 Å². The molecule has 0 saturated carbocycles. The Morgan fingerprint density at radius 1 is 0.871 bits per heavy atom. The molecule has 1 heterocycles. The first-order chi connectivity index (χ1) is 14.9. The molecule has 1 saturated heterocycles. The number of anilines is 1. The van der Waals surface area contributed by atoms with Gasteiger partial charge in [0, 0.05) is 23.5 Å². The lowest BCUT2D eigenvalue weighted by Crippen LogP contribution is -2.99. The van der Waals surface area contributed by atoms with E-state index in [9.17, 15) is 20.0 Å². The van der Waals surface area contributed by atoms with Gasteiger partial charge in [0.1, 0.15) is 0 Å². The predicted molar refractivity (Wildman–Crippen MR) is 113 cm³/mol. The Hall–Kier alpha value is -3.32. The summed E-state index contributed by atoms with van der Waals surface area (Å²) in [5.74, 6) is -1.55. The number of hydrogen-bond donors (Lipinski definition) is 2. The summed E-state index contributed by atoms with van der Waals surface area (Å²) in [6.45, 7) is 2.08. The minimum absolute atomic E-state index is 0.118. The SMILES string of the molecule is CC12c3ccccc3C(c3ccccc31)[C@H]1C(=O)N(c3ccc([NH+]([O-])O)cc3)C(=O)[C@H]12. The highest BCUT2D eigenvalue weighted by Crippen LogP contribution is 2.64. The van der Waals surface area contributed by atoms with Crippen LogP contribution in [0, 0.1) is 17.0 Å². The van der Waals surface area contributed by atoms with Gasteiger partial charge < -0.3 is 5.21 Å². The van der Waals surface area contributed by atoms with Gasteiger partial charge in [-0.05, 0) is 34.4 Å². The zero-order valence-corrected chi connectivity index (χ0v) is 16.8. The molecule has 31 heavy (non-hydrogen) atoms. The van der Waals surface area contributed by atoms with E-state index in [1.807, 2.05) is 24.3 Å². The zero-order chi connectivity index (χ0) is 21.5. The zero-order valence-electron chi connectivity index (χ0n) is 16.8. The van der Waals surface area contributed by atoms with Gasteiger partial charge in [-0.2, -0.15) is 5.23 Å². The largest absolute Gasteiger partial charge is 0.595 e. The van der Waals surface area contributed by atoms with Crippen LogP contribution in [0.15, 0.2) is 72.8 Å². The Kier molecular flexibility index (Phi) is 3.63. The molecule has 2 N–H and O–H groups in total. The van der Waals surface area contributed by atoms with E-state index in [0.29, 0.717) is 5.69 Å². The first-order valence-electron chi connectivity index (χ1n) is 10.3. The molecular formula is C25H20N2O4. The van der Waals surface area contributed by atoms with Crippen molar-refractivity contribution in [3.63, 3.8) is 0 Å². The highest BCUT2D eigenvalue weighted by Gasteiger charge is 2.66. The van der Waals surface area contributed by atoms with Gasteiger partial charge in [-0.25, -0.2) is 10.1 Å². The second kappa shape index (κ2) is 6.11. The standard InChI is InChI=1S/C25H20N2O4/c1-25-18-8-4-2-6-16(18)20(17-7-3-5-9-19(17)25)21-22(25)24(29)26(23(21)28)14-10-12-15(13-11-14)27(30)31/h2-13,20-22,27,30H,1H3/t20?,21-,22+,25?/m1/s1. The maximum atomic E-state index is 13.8. The van der Waals surface area contributed by atoms with Crippen molar-refractivity contribution in [1.82, 2.24) is 0 Å². The molecule has 4 aliphatic rings. The van der Waals surface area contributed by atoms with E-state index in [2.05, 4.69) is 31.2 Å². The van der Waals surface area contributed by atoms with Gasteiger partial charge >= 0.3 is 0 Å². The topological polar surface area (TPSA) is 85.1 Å². The van der Waals surface area contributed by atoms with Crippen LogP contribution in [0.2, 0.25) is 0 Å². The number of carbonyl (C=O) groups is 2.